The topological polar surface area (TPSA) is 71.9 Å². The highest BCUT2D eigenvalue weighted by Gasteiger charge is 2.22. The van der Waals surface area contributed by atoms with Gasteiger partial charge in [-0.15, -0.1) is 0 Å². The molecular formula is C13H18N3O3+. The van der Waals surface area contributed by atoms with E-state index < -0.39 is 0 Å². The van der Waals surface area contributed by atoms with Crippen LogP contribution < -0.4 is 20.3 Å². The number of carbonyl (C=O) groups excluding carboxylic acids is 2. The van der Waals surface area contributed by atoms with Crippen LogP contribution in [0, 0.1) is 0 Å². The molecule has 1 saturated heterocycles. The molecule has 6 nitrogen and oxygen atoms in total. The molecule has 0 saturated carbocycles. The highest BCUT2D eigenvalue weighted by molar-refractivity contribution is 5.91. The zero-order valence-electron chi connectivity index (χ0n) is 10.9. The maximum Gasteiger partial charge on any atom is 0.279 e. The van der Waals surface area contributed by atoms with Crippen molar-refractivity contribution < 1.29 is 19.2 Å². The molecule has 3 N–H and O–H groups in total. The predicted molar refractivity (Wildman–Crippen MR) is 70.2 cm³/mol. The number of amides is 2. The van der Waals surface area contributed by atoms with Crippen LogP contribution in [0.25, 0.3) is 0 Å². The largest absolute Gasteiger partial charge is 0.497 e. The number of ether oxygens (including phenoxy) is 1. The second kappa shape index (κ2) is 6.19. The lowest BCUT2D eigenvalue weighted by atomic mass is 10.3. The highest BCUT2D eigenvalue weighted by atomic mass is 16.5. The molecule has 0 aliphatic carbocycles. The minimum absolute atomic E-state index is 0.00423. The number of nitrogens with one attached hydrogen (secondary N) is 3. The second-order valence-corrected chi connectivity index (χ2v) is 4.48. The summed E-state index contributed by atoms with van der Waals surface area (Å²) in [5, 5.41) is 5.55. The number of hydrogen-bond donors (Lipinski definition) is 3. The Morgan fingerprint density at radius 2 is 2.37 bits per heavy atom. The molecule has 1 heterocycles. The Balaban J connectivity index is 1.88. The molecule has 1 aromatic carbocycles. The summed E-state index contributed by atoms with van der Waals surface area (Å²) in [4.78, 5) is 24.1. The van der Waals surface area contributed by atoms with Gasteiger partial charge in [0.15, 0.2) is 13.1 Å². The first-order valence-corrected chi connectivity index (χ1v) is 6.21. The fourth-order valence-electron chi connectivity index (χ4n) is 2.04. The van der Waals surface area contributed by atoms with E-state index in [1.165, 1.54) is 0 Å². The average molecular weight is 264 g/mol. The smallest absolute Gasteiger partial charge is 0.279 e. The lowest BCUT2D eigenvalue weighted by molar-refractivity contribution is -0.885. The van der Waals surface area contributed by atoms with Crippen LogP contribution in [0.3, 0.4) is 0 Å². The van der Waals surface area contributed by atoms with E-state index >= 15 is 0 Å². The van der Waals surface area contributed by atoms with E-state index in [4.69, 9.17) is 4.74 Å². The van der Waals surface area contributed by atoms with Gasteiger partial charge in [-0.3, -0.25) is 9.59 Å². The minimum Gasteiger partial charge on any atom is -0.497 e. The van der Waals surface area contributed by atoms with E-state index in [9.17, 15) is 9.59 Å². The summed E-state index contributed by atoms with van der Waals surface area (Å²) in [7, 11) is 1.58. The predicted octanol–water partition coefficient (Wildman–Crippen LogP) is -1.35. The second-order valence-electron chi connectivity index (χ2n) is 4.48. The standard InChI is InChI=1S/C13H17N3O3/c1-19-11-4-2-3-10(7-11)15-13(18)9-16-6-5-14-12(17)8-16/h2-4,7H,5-6,8-9H2,1H3,(H,14,17)(H,15,18)/p+1. The van der Waals surface area contributed by atoms with E-state index in [0.717, 1.165) is 11.4 Å². The van der Waals surface area contributed by atoms with Crippen molar-refractivity contribution in [2.75, 3.05) is 38.6 Å². The fourth-order valence-corrected chi connectivity index (χ4v) is 2.04. The van der Waals surface area contributed by atoms with Gasteiger partial charge in [-0.1, -0.05) is 6.07 Å². The Labute approximate surface area is 111 Å². The number of methoxy groups -OCH3 is 1. The summed E-state index contributed by atoms with van der Waals surface area (Å²) in [6.07, 6.45) is 0. The third-order valence-electron chi connectivity index (χ3n) is 2.98. The van der Waals surface area contributed by atoms with Gasteiger partial charge in [0.2, 0.25) is 0 Å². The van der Waals surface area contributed by atoms with Crippen molar-refractivity contribution in [3.05, 3.63) is 24.3 Å². The number of anilines is 1. The third kappa shape index (κ3) is 3.96. The lowest BCUT2D eigenvalue weighted by Crippen LogP contribution is -3.16. The van der Waals surface area contributed by atoms with Crippen LogP contribution in [-0.4, -0.2) is 45.1 Å². The van der Waals surface area contributed by atoms with Gasteiger partial charge in [-0.05, 0) is 12.1 Å². The molecule has 0 radical (unpaired) electrons. The van der Waals surface area contributed by atoms with Crippen molar-refractivity contribution >= 4 is 17.5 Å². The maximum atomic E-state index is 11.9. The summed E-state index contributed by atoms with van der Waals surface area (Å²) >= 11 is 0. The third-order valence-corrected chi connectivity index (χ3v) is 2.98. The van der Waals surface area contributed by atoms with E-state index in [0.29, 0.717) is 31.1 Å². The molecule has 1 aliphatic rings. The first kappa shape index (κ1) is 13.4. The maximum absolute atomic E-state index is 11.9. The summed E-state index contributed by atoms with van der Waals surface area (Å²) in [6, 6.07) is 7.19. The molecule has 1 atom stereocenters. The highest BCUT2D eigenvalue weighted by Crippen LogP contribution is 2.16. The summed E-state index contributed by atoms with van der Waals surface area (Å²) in [5.74, 6) is 0.593. The van der Waals surface area contributed by atoms with Crippen LogP contribution in [0.4, 0.5) is 5.69 Å². The number of quaternary nitrogens is 1. The molecular weight excluding hydrogens is 246 g/mol. The van der Waals surface area contributed by atoms with E-state index in [2.05, 4.69) is 10.6 Å². The molecule has 0 bridgehead atoms. The fraction of sp³-hybridized carbons (Fsp3) is 0.385. The molecule has 0 spiro atoms. The SMILES string of the molecule is COc1cccc(NC(=O)C[NH+]2CCNC(=O)C2)c1. The summed E-state index contributed by atoms with van der Waals surface area (Å²) in [6.45, 7) is 2.05. The minimum atomic E-state index is -0.0991. The van der Waals surface area contributed by atoms with Crippen molar-refractivity contribution in [1.29, 1.82) is 0 Å². The van der Waals surface area contributed by atoms with Crippen LogP contribution in [0.15, 0.2) is 24.3 Å². The molecule has 6 heteroatoms. The Morgan fingerprint density at radius 1 is 1.53 bits per heavy atom. The average Bonchev–Trinajstić information content (AvgIpc) is 2.38. The lowest BCUT2D eigenvalue weighted by Gasteiger charge is -2.22. The summed E-state index contributed by atoms with van der Waals surface area (Å²) in [5.41, 5.74) is 0.699. The number of hydrogen-bond acceptors (Lipinski definition) is 3. The van der Waals surface area contributed by atoms with Crippen LogP contribution >= 0.6 is 0 Å². The van der Waals surface area contributed by atoms with Gasteiger partial charge >= 0.3 is 0 Å². The Morgan fingerprint density at radius 3 is 3.11 bits per heavy atom. The number of piperazine rings is 1. The Hall–Kier alpha value is -2.08. The quantitative estimate of drug-likeness (QED) is 0.629. The van der Waals surface area contributed by atoms with Crippen LogP contribution in [0.2, 0.25) is 0 Å². The van der Waals surface area contributed by atoms with Crippen LogP contribution in [-0.2, 0) is 9.59 Å². The van der Waals surface area contributed by atoms with Crippen molar-refractivity contribution in [3.8, 4) is 5.75 Å². The van der Waals surface area contributed by atoms with Crippen molar-refractivity contribution in [2.24, 2.45) is 0 Å². The molecule has 1 aromatic rings. The molecule has 1 aliphatic heterocycles. The van der Waals surface area contributed by atoms with Crippen LogP contribution in [0.5, 0.6) is 5.75 Å². The van der Waals surface area contributed by atoms with Gasteiger partial charge in [0.1, 0.15) is 5.75 Å². The number of rotatable bonds is 4. The molecule has 1 unspecified atom stereocenters. The molecule has 0 aromatic heterocycles. The monoisotopic (exact) mass is 264 g/mol. The molecule has 102 valence electrons. The van der Waals surface area contributed by atoms with Gasteiger partial charge in [-0.2, -0.15) is 0 Å². The molecule has 2 rings (SSSR count). The Bertz CT molecular complexity index is 476. The van der Waals surface area contributed by atoms with Crippen LogP contribution in [0.1, 0.15) is 0 Å². The van der Waals surface area contributed by atoms with E-state index in [-0.39, 0.29) is 11.8 Å². The Kier molecular flexibility index (Phi) is 4.35. The molecule has 19 heavy (non-hydrogen) atoms. The first-order valence-electron chi connectivity index (χ1n) is 6.21. The molecule has 2 amide bonds. The summed E-state index contributed by atoms with van der Waals surface area (Å²) < 4.78 is 5.09. The van der Waals surface area contributed by atoms with E-state index in [1.54, 1.807) is 19.2 Å². The first-order chi connectivity index (χ1) is 9.17. The zero-order chi connectivity index (χ0) is 13.7. The van der Waals surface area contributed by atoms with Gasteiger partial charge < -0.3 is 20.3 Å². The van der Waals surface area contributed by atoms with Gasteiger partial charge in [0.25, 0.3) is 11.8 Å². The van der Waals surface area contributed by atoms with E-state index in [1.807, 2.05) is 12.1 Å². The molecule has 1 fully saturated rings. The zero-order valence-corrected chi connectivity index (χ0v) is 10.9. The van der Waals surface area contributed by atoms with Crippen molar-refractivity contribution in [3.63, 3.8) is 0 Å². The number of benzene rings is 1. The van der Waals surface area contributed by atoms with Gasteiger partial charge in [0.05, 0.1) is 20.2 Å². The normalized spacial score (nSPS) is 18.6. The van der Waals surface area contributed by atoms with Gasteiger partial charge in [-0.25, -0.2) is 0 Å². The van der Waals surface area contributed by atoms with Crippen molar-refractivity contribution in [2.45, 2.75) is 0 Å². The number of carbonyl (C=O) groups is 2. The van der Waals surface area contributed by atoms with Gasteiger partial charge in [0, 0.05) is 11.8 Å². The van der Waals surface area contributed by atoms with Crippen molar-refractivity contribution in [1.82, 2.24) is 5.32 Å².